The number of carbonyl (C=O) groups excluding carboxylic acids is 4. The Labute approximate surface area is 243 Å². The van der Waals surface area contributed by atoms with Crippen molar-refractivity contribution in [2.24, 2.45) is 11.8 Å². The minimum Gasteiger partial charge on any atom is -0.353 e. The van der Waals surface area contributed by atoms with Gasteiger partial charge in [-0.05, 0) is 42.9 Å². The zero-order chi connectivity index (χ0) is 29.0. The molecule has 0 aliphatic heterocycles. The van der Waals surface area contributed by atoms with Gasteiger partial charge in [0.1, 0.15) is 12.3 Å². The van der Waals surface area contributed by atoms with E-state index in [1.807, 2.05) is 19.9 Å². The lowest BCUT2D eigenvalue weighted by Gasteiger charge is -2.26. The van der Waals surface area contributed by atoms with Gasteiger partial charge < -0.3 is 26.1 Å². The van der Waals surface area contributed by atoms with Crippen LogP contribution in [0.1, 0.15) is 64.5 Å². The number of hydrogen-bond acceptors (Lipinski definition) is 7. The van der Waals surface area contributed by atoms with Crippen molar-refractivity contribution in [2.45, 2.75) is 77.0 Å². The van der Waals surface area contributed by atoms with Gasteiger partial charge in [0.25, 0.3) is 0 Å². The van der Waals surface area contributed by atoms with Crippen molar-refractivity contribution in [2.75, 3.05) is 31.6 Å². The van der Waals surface area contributed by atoms with E-state index < -0.39 is 6.04 Å². The molecular formula is C29H48N4O4S2. The summed E-state index contributed by atoms with van der Waals surface area (Å²) in [5.74, 6) is 3.34. The highest BCUT2D eigenvalue weighted by Crippen LogP contribution is 2.18. The molecular weight excluding hydrogens is 532 g/mol. The number of hydrogen-bond donors (Lipinski definition) is 4. The lowest BCUT2D eigenvalue weighted by atomic mass is 9.97. The first-order valence-corrected chi connectivity index (χ1v) is 16.2. The van der Waals surface area contributed by atoms with Gasteiger partial charge in [0.15, 0.2) is 0 Å². The van der Waals surface area contributed by atoms with E-state index in [0.29, 0.717) is 30.9 Å². The molecule has 1 aromatic rings. The fourth-order valence-corrected chi connectivity index (χ4v) is 5.51. The van der Waals surface area contributed by atoms with Gasteiger partial charge in [0.2, 0.25) is 17.7 Å². The Kier molecular flexibility index (Phi) is 18.7. The normalized spacial score (nSPS) is 13.4. The summed E-state index contributed by atoms with van der Waals surface area (Å²) in [5, 5.41) is 11.6. The molecule has 0 radical (unpaired) electrons. The number of amides is 3. The third kappa shape index (κ3) is 15.4. The smallest absolute Gasteiger partial charge is 0.242 e. The predicted molar refractivity (Wildman–Crippen MR) is 164 cm³/mol. The van der Waals surface area contributed by atoms with Crippen LogP contribution in [0.5, 0.6) is 0 Å². The number of benzene rings is 1. The summed E-state index contributed by atoms with van der Waals surface area (Å²) in [5.41, 5.74) is 2.43. The average Bonchev–Trinajstić information content (AvgIpc) is 2.92. The molecule has 0 fully saturated rings. The highest BCUT2D eigenvalue weighted by molar-refractivity contribution is 7.98. The molecule has 39 heavy (non-hydrogen) atoms. The van der Waals surface area contributed by atoms with Crippen LogP contribution < -0.4 is 21.3 Å². The Morgan fingerprint density at radius 1 is 0.949 bits per heavy atom. The van der Waals surface area contributed by atoms with Crippen LogP contribution in [0.4, 0.5) is 0 Å². The maximum absolute atomic E-state index is 13.0. The number of thioether (sulfide) groups is 2. The SMILES string of the molecule is CC[C@H](C)[C@H](NC(=O)[C@H](CCC(C)C)NC)C(=O)NCCSCc1cccc(CSCCC(=O)NCC=O)c1. The van der Waals surface area contributed by atoms with Crippen LogP contribution in [0, 0.1) is 11.8 Å². The van der Waals surface area contributed by atoms with Gasteiger partial charge in [0, 0.05) is 36.0 Å². The van der Waals surface area contributed by atoms with Gasteiger partial charge in [-0.3, -0.25) is 14.4 Å². The number of rotatable bonds is 21. The Balaban J connectivity index is 2.43. The molecule has 0 saturated carbocycles. The maximum Gasteiger partial charge on any atom is 0.242 e. The lowest BCUT2D eigenvalue weighted by Crippen LogP contribution is -2.54. The van der Waals surface area contributed by atoms with E-state index in [1.165, 1.54) is 11.1 Å². The Hall–Kier alpha value is -2.04. The van der Waals surface area contributed by atoms with Crippen molar-refractivity contribution in [3.63, 3.8) is 0 Å². The van der Waals surface area contributed by atoms with Crippen LogP contribution in [-0.2, 0) is 30.7 Å². The van der Waals surface area contributed by atoms with E-state index >= 15 is 0 Å². The van der Waals surface area contributed by atoms with Gasteiger partial charge >= 0.3 is 0 Å². The summed E-state index contributed by atoms with van der Waals surface area (Å²) >= 11 is 3.45. The minimum atomic E-state index is -0.548. The third-order valence-electron chi connectivity index (χ3n) is 6.42. The second kappa shape index (κ2) is 20.8. The van der Waals surface area contributed by atoms with Crippen molar-refractivity contribution >= 4 is 47.5 Å². The van der Waals surface area contributed by atoms with Crippen LogP contribution in [0.3, 0.4) is 0 Å². The quantitative estimate of drug-likeness (QED) is 0.130. The van der Waals surface area contributed by atoms with Crippen LogP contribution in [0.2, 0.25) is 0 Å². The fourth-order valence-electron chi connectivity index (χ4n) is 3.82. The molecule has 3 atom stereocenters. The highest BCUT2D eigenvalue weighted by Gasteiger charge is 2.28. The van der Waals surface area contributed by atoms with Gasteiger partial charge in [-0.25, -0.2) is 0 Å². The van der Waals surface area contributed by atoms with Crippen molar-refractivity contribution in [3.05, 3.63) is 35.4 Å². The van der Waals surface area contributed by atoms with E-state index in [1.54, 1.807) is 30.6 Å². The zero-order valence-electron chi connectivity index (χ0n) is 24.2. The van der Waals surface area contributed by atoms with Gasteiger partial charge in [0.05, 0.1) is 12.6 Å². The van der Waals surface area contributed by atoms with Crippen molar-refractivity contribution in [1.29, 1.82) is 0 Å². The minimum absolute atomic E-state index is 0.0375. The summed E-state index contributed by atoms with van der Waals surface area (Å²) in [4.78, 5) is 47.7. The lowest BCUT2D eigenvalue weighted by molar-refractivity contribution is -0.131. The first kappa shape index (κ1) is 35.0. The molecule has 1 aromatic carbocycles. The molecule has 4 N–H and O–H groups in total. The van der Waals surface area contributed by atoms with E-state index in [0.717, 1.165) is 36.5 Å². The molecule has 0 spiro atoms. The summed E-state index contributed by atoms with van der Waals surface area (Å²) in [7, 11) is 1.79. The van der Waals surface area contributed by atoms with E-state index in [2.05, 4.69) is 53.3 Å². The largest absolute Gasteiger partial charge is 0.353 e. The summed E-state index contributed by atoms with van der Waals surface area (Å²) in [6, 6.07) is 7.55. The maximum atomic E-state index is 13.0. The molecule has 0 saturated heterocycles. The first-order valence-electron chi connectivity index (χ1n) is 13.9. The summed E-state index contributed by atoms with van der Waals surface area (Å²) in [6.45, 7) is 8.91. The highest BCUT2D eigenvalue weighted by atomic mass is 32.2. The van der Waals surface area contributed by atoms with Gasteiger partial charge in [-0.1, -0.05) is 58.4 Å². The molecule has 220 valence electrons. The summed E-state index contributed by atoms with van der Waals surface area (Å²) in [6.07, 6.45) is 3.56. The summed E-state index contributed by atoms with van der Waals surface area (Å²) < 4.78 is 0. The molecule has 8 nitrogen and oxygen atoms in total. The molecule has 1 rings (SSSR count). The third-order valence-corrected chi connectivity index (χ3v) is 8.48. The second-order valence-electron chi connectivity index (χ2n) is 10.1. The van der Waals surface area contributed by atoms with Crippen LogP contribution in [0.15, 0.2) is 24.3 Å². The Morgan fingerprint density at radius 2 is 1.62 bits per heavy atom. The average molecular weight is 581 g/mol. The number of aldehydes is 1. The Bertz CT molecular complexity index is 885. The topological polar surface area (TPSA) is 116 Å². The molecule has 0 aromatic heterocycles. The molecule has 0 bridgehead atoms. The van der Waals surface area contributed by atoms with Crippen LogP contribution >= 0.6 is 23.5 Å². The number of likely N-dealkylation sites (N-methyl/N-ethyl adjacent to an activating group) is 1. The number of carbonyl (C=O) groups is 4. The monoisotopic (exact) mass is 580 g/mol. The van der Waals surface area contributed by atoms with Gasteiger partial charge in [-0.2, -0.15) is 23.5 Å². The van der Waals surface area contributed by atoms with E-state index in [4.69, 9.17) is 0 Å². The molecule has 0 aliphatic carbocycles. The Morgan fingerprint density at radius 3 is 2.21 bits per heavy atom. The molecule has 0 unspecified atom stereocenters. The number of nitrogens with one attached hydrogen (secondary N) is 4. The van der Waals surface area contributed by atoms with Crippen LogP contribution in [0.25, 0.3) is 0 Å². The molecule has 10 heteroatoms. The molecule has 0 aliphatic rings. The predicted octanol–water partition coefficient (Wildman–Crippen LogP) is 3.53. The second-order valence-corrected chi connectivity index (χ2v) is 12.3. The van der Waals surface area contributed by atoms with E-state index in [-0.39, 0.29) is 36.2 Å². The molecule has 3 amide bonds. The van der Waals surface area contributed by atoms with Crippen molar-refractivity contribution < 1.29 is 19.2 Å². The van der Waals surface area contributed by atoms with Crippen molar-refractivity contribution in [3.8, 4) is 0 Å². The van der Waals surface area contributed by atoms with Crippen LogP contribution in [-0.4, -0.2) is 67.7 Å². The standard InChI is InChI=1S/C29H48N4O4S2/c1-6-22(4)27(33-28(36)25(30-5)11-10-21(2)3)29(37)32-14-17-39-20-24-9-7-8-23(18-24)19-38-16-12-26(35)31-13-15-34/h7-9,15,18,21-22,25,27,30H,6,10-14,16-17,19-20H2,1-5H3,(H,31,35)(H,32,37)(H,33,36)/t22-,25-,27-/m0/s1. The molecule has 0 heterocycles. The fraction of sp³-hybridized carbons (Fsp3) is 0.655. The van der Waals surface area contributed by atoms with E-state index in [9.17, 15) is 19.2 Å². The first-order chi connectivity index (χ1) is 18.7. The van der Waals surface area contributed by atoms with Gasteiger partial charge in [-0.15, -0.1) is 0 Å². The van der Waals surface area contributed by atoms with Crippen molar-refractivity contribution in [1.82, 2.24) is 21.3 Å². The zero-order valence-corrected chi connectivity index (χ0v) is 25.8.